The van der Waals surface area contributed by atoms with Gasteiger partial charge in [-0.15, -0.1) is 11.3 Å². The number of Topliss-reactive ketones (excluding diaryl/α,β-unsaturated/α-hetero) is 1. The van der Waals surface area contributed by atoms with Crippen LogP contribution < -0.4 is 14.8 Å². The smallest absolute Gasteiger partial charge is 0.257 e. The van der Waals surface area contributed by atoms with Gasteiger partial charge in [0.25, 0.3) is 5.91 Å². The van der Waals surface area contributed by atoms with E-state index in [0.29, 0.717) is 34.5 Å². The minimum absolute atomic E-state index is 0.137. The lowest BCUT2D eigenvalue weighted by molar-refractivity contribution is 0.100. The molecular weight excluding hydrogens is 328 g/mol. The van der Waals surface area contributed by atoms with Crippen molar-refractivity contribution in [3.05, 3.63) is 34.8 Å². The van der Waals surface area contributed by atoms with Gasteiger partial charge in [-0.2, -0.15) is 0 Å². The van der Waals surface area contributed by atoms with Crippen LogP contribution in [0.2, 0.25) is 0 Å². The number of carbonyl (C=O) groups is 2. The fourth-order valence-electron chi connectivity index (χ4n) is 1.92. The highest BCUT2D eigenvalue weighted by Crippen LogP contribution is 2.29. The lowest BCUT2D eigenvalue weighted by Crippen LogP contribution is -2.12. The maximum atomic E-state index is 12.3. The zero-order valence-corrected chi connectivity index (χ0v) is 14.7. The van der Waals surface area contributed by atoms with Crippen molar-refractivity contribution in [2.45, 2.75) is 26.7 Å². The summed E-state index contributed by atoms with van der Waals surface area (Å²) in [6.07, 6.45) is 1.99. The minimum atomic E-state index is -0.321. The van der Waals surface area contributed by atoms with E-state index < -0.39 is 0 Å². The summed E-state index contributed by atoms with van der Waals surface area (Å²) in [5, 5.41) is 4.67. The van der Waals surface area contributed by atoms with E-state index in [-0.39, 0.29) is 11.7 Å². The molecule has 0 aliphatic heterocycles. The van der Waals surface area contributed by atoms with Crippen molar-refractivity contribution in [1.82, 2.24) is 4.98 Å². The van der Waals surface area contributed by atoms with Gasteiger partial charge >= 0.3 is 0 Å². The molecule has 0 fully saturated rings. The Morgan fingerprint density at radius 2 is 2.08 bits per heavy atom. The zero-order chi connectivity index (χ0) is 17.5. The van der Waals surface area contributed by atoms with Crippen LogP contribution in [0.5, 0.6) is 11.5 Å². The van der Waals surface area contributed by atoms with E-state index in [0.717, 1.165) is 12.8 Å². The zero-order valence-electron chi connectivity index (χ0n) is 13.9. The SMILES string of the molecule is CCCCOc1ccc(C(=O)Nc2nc(C(C)=O)cs2)cc1OC. The summed E-state index contributed by atoms with van der Waals surface area (Å²) < 4.78 is 10.9. The number of aromatic nitrogens is 1. The van der Waals surface area contributed by atoms with E-state index in [9.17, 15) is 9.59 Å². The fraction of sp³-hybridized carbons (Fsp3) is 0.353. The lowest BCUT2D eigenvalue weighted by atomic mass is 10.2. The fourth-order valence-corrected chi connectivity index (χ4v) is 2.66. The predicted octanol–water partition coefficient (Wildman–Crippen LogP) is 3.79. The number of methoxy groups -OCH3 is 1. The van der Waals surface area contributed by atoms with E-state index in [1.807, 2.05) is 0 Å². The Morgan fingerprint density at radius 1 is 1.29 bits per heavy atom. The van der Waals surface area contributed by atoms with Crippen molar-refractivity contribution in [2.75, 3.05) is 19.0 Å². The number of unbranched alkanes of at least 4 members (excludes halogenated alkanes) is 1. The molecule has 0 radical (unpaired) electrons. The Hall–Kier alpha value is -2.41. The molecule has 2 rings (SSSR count). The Balaban J connectivity index is 2.09. The Kier molecular flexibility index (Phi) is 6.31. The van der Waals surface area contributed by atoms with Crippen LogP contribution in [0.25, 0.3) is 0 Å². The van der Waals surface area contributed by atoms with Gasteiger partial charge in [0.05, 0.1) is 13.7 Å². The van der Waals surface area contributed by atoms with E-state index in [1.54, 1.807) is 23.6 Å². The molecule has 1 aromatic heterocycles. The first kappa shape index (κ1) is 17.9. The van der Waals surface area contributed by atoms with Crippen molar-refractivity contribution in [2.24, 2.45) is 0 Å². The monoisotopic (exact) mass is 348 g/mol. The van der Waals surface area contributed by atoms with E-state index in [4.69, 9.17) is 9.47 Å². The van der Waals surface area contributed by atoms with Crippen LogP contribution in [0.4, 0.5) is 5.13 Å². The van der Waals surface area contributed by atoms with E-state index >= 15 is 0 Å². The number of ketones is 1. The number of rotatable bonds is 8. The topological polar surface area (TPSA) is 77.5 Å². The summed E-state index contributed by atoms with van der Waals surface area (Å²) in [5.74, 6) is 0.651. The highest BCUT2D eigenvalue weighted by atomic mass is 32.1. The number of thiazole rings is 1. The summed E-state index contributed by atoms with van der Waals surface area (Å²) >= 11 is 1.21. The third-order valence-electron chi connectivity index (χ3n) is 3.27. The summed E-state index contributed by atoms with van der Waals surface area (Å²) in [4.78, 5) is 27.6. The van der Waals surface area contributed by atoms with Gasteiger partial charge in [-0.1, -0.05) is 13.3 Å². The van der Waals surface area contributed by atoms with Gasteiger partial charge in [-0.25, -0.2) is 4.98 Å². The second kappa shape index (κ2) is 8.44. The summed E-state index contributed by atoms with van der Waals surface area (Å²) in [5.41, 5.74) is 0.766. The second-order valence-corrected chi connectivity index (χ2v) is 5.97. The quantitative estimate of drug-likeness (QED) is 0.580. The Morgan fingerprint density at radius 3 is 2.71 bits per heavy atom. The van der Waals surface area contributed by atoms with Crippen LogP contribution in [0.3, 0.4) is 0 Å². The van der Waals surface area contributed by atoms with Gasteiger partial charge in [-0.3, -0.25) is 14.9 Å². The first-order valence-corrected chi connectivity index (χ1v) is 8.51. The lowest BCUT2D eigenvalue weighted by Gasteiger charge is -2.11. The van der Waals surface area contributed by atoms with Crippen molar-refractivity contribution in [3.8, 4) is 11.5 Å². The van der Waals surface area contributed by atoms with Crippen LogP contribution >= 0.6 is 11.3 Å². The van der Waals surface area contributed by atoms with Crippen LogP contribution in [-0.2, 0) is 0 Å². The standard InChI is InChI=1S/C17H20N2O4S/c1-4-5-8-23-14-7-6-12(9-15(14)22-3)16(21)19-17-18-13(10-24-17)11(2)20/h6-7,9-10H,4-5,8H2,1-3H3,(H,18,19,21). The average molecular weight is 348 g/mol. The number of carbonyl (C=O) groups excluding carboxylic acids is 2. The molecule has 2 aromatic rings. The van der Waals surface area contributed by atoms with Crippen LogP contribution in [-0.4, -0.2) is 30.4 Å². The molecule has 1 amide bonds. The molecule has 7 heteroatoms. The van der Waals surface area contributed by atoms with Gasteiger partial charge in [0.2, 0.25) is 0 Å². The largest absolute Gasteiger partial charge is 0.493 e. The number of hydrogen-bond acceptors (Lipinski definition) is 6. The molecule has 0 bridgehead atoms. The van der Waals surface area contributed by atoms with Crippen molar-refractivity contribution < 1.29 is 19.1 Å². The molecule has 0 aliphatic rings. The molecule has 128 valence electrons. The summed E-state index contributed by atoms with van der Waals surface area (Å²) in [7, 11) is 1.53. The molecule has 0 spiro atoms. The number of nitrogens with one attached hydrogen (secondary N) is 1. The highest BCUT2D eigenvalue weighted by molar-refractivity contribution is 7.14. The molecule has 0 saturated heterocycles. The van der Waals surface area contributed by atoms with Gasteiger partial charge in [0.15, 0.2) is 22.4 Å². The minimum Gasteiger partial charge on any atom is -0.493 e. The number of hydrogen-bond donors (Lipinski definition) is 1. The van der Waals surface area contributed by atoms with Crippen molar-refractivity contribution in [3.63, 3.8) is 0 Å². The normalized spacial score (nSPS) is 10.3. The molecule has 0 atom stereocenters. The molecular formula is C17H20N2O4S. The van der Waals surface area contributed by atoms with Crippen molar-refractivity contribution >= 4 is 28.2 Å². The molecule has 1 heterocycles. The number of anilines is 1. The van der Waals surface area contributed by atoms with Crippen LogP contribution in [0, 0.1) is 0 Å². The van der Waals surface area contributed by atoms with Gasteiger partial charge in [-0.05, 0) is 24.6 Å². The van der Waals surface area contributed by atoms with Gasteiger partial charge in [0, 0.05) is 17.9 Å². The van der Waals surface area contributed by atoms with E-state index in [2.05, 4.69) is 17.2 Å². The molecule has 0 aliphatic carbocycles. The molecule has 1 N–H and O–H groups in total. The third-order valence-corrected chi connectivity index (χ3v) is 4.02. The number of amides is 1. The number of ether oxygens (including phenoxy) is 2. The maximum absolute atomic E-state index is 12.3. The highest BCUT2D eigenvalue weighted by Gasteiger charge is 2.14. The van der Waals surface area contributed by atoms with Gasteiger partial charge in [0.1, 0.15) is 5.69 Å². The van der Waals surface area contributed by atoms with E-state index in [1.165, 1.54) is 25.4 Å². The molecule has 0 saturated carbocycles. The first-order chi connectivity index (χ1) is 11.5. The maximum Gasteiger partial charge on any atom is 0.257 e. The third kappa shape index (κ3) is 4.55. The molecule has 0 unspecified atom stereocenters. The predicted molar refractivity (Wildman–Crippen MR) is 93.5 cm³/mol. The average Bonchev–Trinajstić information content (AvgIpc) is 3.04. The number of benzene rings is 1. The van der Waals surface area contributed by atoms with Crippen LogP contribution in [0.1, 0.15) is 47.5 Å². The van der Waals surface area contributed by atoms with Crippen molar-refractivity contribution in [1.29, 1.82) is 0 Å². The molecule has 6 nitrogen and oxygen atoms in total. The van der Waals surface area contributed by atoms with Crippen LogP contribution in [0.15, 0.2) is 23.6 Å². The second-order valence-electron chi connectivity index (χ2n) is 5.12. The first-order valence-electron chi connectivity index (χ1n) is 7.63. The Bertz CT molecular complexity index is 727. The summed E-state index contributed by atoms with van der Waals surface area (Å²) in [6, 6.07) is 5.00. The molecule has 24 heavy (non-hydrogen) atoms. The molecule has 1 aromatic carbocycles. The van der Waals surface area contributed by atoms with Gasteiger partial charge < -0.3 is 9.47 Å². The number of nitrogens with zero attached hydrogens (tertiary/aromatic N) is 1. The summed E-state index contributed by atoms with van der Waals surface area (Å²) in [6.45, 7) is 4.12. The Labute approximate surface area is 144 Å².